The van der Waals surface area contributed by atoms with Crippen molar-refractivity contribution in [2.45, 2.75) is 279 Å². The molecule has 8 aliphatic rings. The second-order valence-corrected chi connectivity index (χ2v) is 26.0. The molecule has 0 aromatic carbocycles. The Morgan fingerprint density at radius 1 is 0.327 bits per heavy atom. The predicted molar refractivity (Wildman–Crippen MR) is 322 cm³/mol. The molecule has 104 heavy (non-hydrogen) atoms. The minimum Gasteiger partial charge on any atom is -0.394 e. The molecule has 0 aliphatic carbocycles. The molecule has 0 unspecified atom stereocenters. The largest absolute Gasteiger partial charge is 0.394 e. The molecule has 46 nitrogen and oxygen atoms in total. The molecule has 0 radical (unpaired) electrons. The predicted octanol–water partition coefficient (Wildman–Crippen LogP) is -17.9. The summed E-state index contributed by atoms with van der Waals surface area (Å²) in [6.45, 7) is -4.49. The Balaban J connectivity index is 1.05. The molecular formula is C58H98N4O42. The van der Waals surface area contributed by atoms with E-state index in [0.29, 0.717) is 0 Å². The van der Waals surface area contributed by atoms with Crippen molar-refractivity contribution in [2.24, 2.45) is 0 Å². The summed E-state index contributed by atoms with van der Waals surface area (Å²) in [7, 11) is 0. The molecule has 8 saturated heterocycles. The first-order chi connectivity index (χ1) is 49.3. The zero-order valence-corrected chi connectivity index (χ0v) is 56.1. The summed E-state index contributed by atoms with van der Waals surface area (Å²) in [4.78, 5) is 49.6. The molecule has 4 amide bonds. The number of rotatable bonds is 30. The van der Waals surface area contributed by atoms with E-state index in [-0.39, 0.29) is 6.41 Å². The summed E-state index contributed by atoms with van der Waals surface area (Å²) < 4.78 is 94.4. The molecule has 41 atom stereocenters. The smallest absolute Gasteiger partial charge is 0.217 e. The summed E-state index contributed by atoms with van der Waals surface area (Å²) in [5, 5.41) is 253. The third kappa shape index (κ3) is 19.2. The first-order valence-electron chi connectivity index (χ1n) is 33.2. The van der Waals surface area contributed by atoms with E-state index >= 15 is 0 Å². The summed E-state index contributed by atoms with van der Waals surface area (Å²) in [5.41, 5.74) is 0. The van der Waals surface area contributed by atoms with Gasteiger partial charge < -0.3 is 209 Å². The third-order valence-electron chi connectivity index (χ3n) is 18.8. The molecule has 0 aromatic heterocycles. The van der Waals surface area contributed by atoms with Gasteiger partial charge in [0.2, 0.25) is 24.1 Å². The Bertz CT molecular complexity index is 2680. The third-order valence-corrected chi connectivity index (χ3v) is 18.8. The van der Waals surface area contributed by atoms with Gasteiger partial charge in [-0.15, -0.1) is 0 Å². The number of nitrogens with one attached hydrogen (secondary N) is 4. The van der Waals surface area contributed by atoms with E-state index < -0.39 is 329 Å². The van der Waals surface area contributed by atoms with Gasteiger partial charge in [0.15, 0.2) is 50.3 Å². The van der Waals surface area contributed by atoms with E-state index in [1.165, 1.54) is 6.92 Å². The van der Waals surface area contributed by atoms with Gasteiger partial charge in [0.25, 0.3) is 0 Å². The van der Waals surface area contributed by atoms with Crippen LogP contribution in [0.15, 0.2) is 0 Å². The lowest BCUT2D eigenvalue weighted by Gasteiger charge is -2.52. The van der Waals surface area contributed by atoms with Crippen LogP contribution in [-0.4, -0.2) is 447 Å². The topological polar surface area (TPSA) is 709 Å². The van der Waals surface area contributed by atoms with Crippen LogP contribution in [0.5, 0.6) is 0 Å². The molecule has 8 aliphatic heterocycles. The molecule has 0 aromatic rings. The van der Waals surface area contributed by atoms with Crippen molar-refractivity contribution >= 4 is 24.1 Å². The Morgan fingerprint density at radius 2 is 0.644 bits per heavy atom. The van der Waals surface area contributed by atoms with Crippen LogP contribution in [0, 0.1) is 0 Å². The first kappa shape index (κ1) is 86.0. The van der Waals surface area contributed by atoms with E-state index in [4.69, 9.17) is 75.8 Å². The van der Waals surface area contributed by atoms with Crippen molar-refractivity contribution in [3.05, 3.63) is 0 Å². The lowest BCUT2D eigenvalue weighted by molar-refractivity contribution is -0.396. The molecule has 46 heteroatoms. The Morgan fingerprint density at radius 3 is 1.06 bits per heavy atom. The van der Waals surface area contributed by atoms with Gasteiger partial charge in [-0.05, 0) is 6.92 Å². The van der Waals surface area contributed by atoms with Gasteiger partial charge in [-0.25, -0.2) is 0 Å². The van der Waals surface area contributed by atoms with E-state index in [0.717, 1.165) is 20.8 Å². The summed E-state index contributed by atoms with van der Waals surface area (Å²) in [6.07, 6.45) is -73.7. The van der Waals surface area contributed by atoms with Crippen molar-refractivity contribution in [3.63, 3.8) is 0 Å². The fourth-order valence-electron chi connectivity index (χ4n) is 13.2. The maximum atomic E-state index is 13.4. The summed E-state index contributed by atoms with van der Waals surface area (Å²) in [6, 6.07) is -6.58. The standard InChI is InChI=1S/C58H98N4O42/c1-15-30(75)37(82)39(84)55(90-15)101-47-29(62-18(4)74)53(96-26(12-70)46(47)100-58-43(88)49(33(78)23(9-67)94-58)102-51-27(60-16(2)72)35(80)31(76)20(6-64)91-51)104-50-34(79)22(8-66)92-56(42(50)87)98-44-24(10-68)95-52(28(36(44)81)61-17(3)73)103-48-32(77)21(7-65)93-57(41(48)86)99-45-25(11-69)97-54(40(85)38(45)83)89-13-19(5-63)59-14-71/h14-15,19-58,63-70,75-88H,5-13H2,1-4H3,(H,59,71)(H,60,72)(H,61,73)(H,62,74)/t15-,19+,20+,21+,22+,23+,24+,25+,26+,27+,28+,29+,30+,31+,32-,33-,34-,35+,36+,37+,38+,39-,40+,41+,42+,43+,44+,45+,46+,47+,48-,49-,50-,51-,52-,53-,54+,55-,56-,57-,58-/m0/s1. The lowest BCUT2D eigenvalue weighted by atomic mass is 9.93. The first-order valence-corrected chi connectivity index (χ1v) is 33.2. The summed E-state index contributed by atoms with van der Waals surface area (Å²) >= 11 is 0. The lowest BCUT2D eigenvalue weighted by Crippen LogP contribution is -2.72. The van der Waals surface area contributed by atoms with Crippen LogP contribution in [0.4, 0.5) is 0 Å². The van der Waals surface area contributed by atoms with Crippen LogP contribution in [-0.2, 0) is 95.0 Å². The average Bonchev–Trinajstić information content (AvgIpc) is 0.767. The number of aliphatic hydroxyl groups is 22. The minimum absolute atomic E-state index is 0.259. The zero-order chi connectivity index (χ0) is 76.6. The second-order valence-electron chi connectivity index (χ2n) is 26.0. The van der Waals surface area contributed by atoms with Gasteiger partial charge in [0.05, 0.1) is 71.6 Å². The molecular weight excluding hydrogens is 1420 g/mol. The van der Waals surface area contributed by atoms with Crippen LogP contribution < -0.4 is 21.3 Å². The molecule has 0 bridgehead atoms. The SMILES string of the molecule is CC(=O)N[C@H]1[C@H](O[C@H]2[C@@H](O)[C@@H](CO)O[C@@H](O[C@H]3[C@H](O)[C@@H](O)[C@H](OC[C@@H](CO)NC=O)O[C@@H]3CO)[C@@H]2O)O[C@H](CO)[C@@H](O[C@@H]2O[C@H](CO)[C@H](O)[C@H](O[C@@H]3O[C@H](CO)[C@@H](O[C@@H]4O[C@H](CO)[C@H](O)[C@H](O[C@@H]5O[C@H](CO)[C@@H](O)[C@H](O)[C@H]5NC(C)=O)[C@H]4O)[C@H](O[C@@H]4O[C@@H](C)[C@@H](O)[C@@H](O)[C@@H]4O)[C@H]3NC(C)=O)[C@H]2O)[C@@H]1O. The van der Waals surface area contributed by atoms with Crippen molar-refractivity contribution in [2.75, 3.05) is 59.5 Å². The Hall–Kier alpha value is -3.64. The Kier molecular flexibility index (Phi) is 31.7. The Labute approximate surface area is 590 Å². The number of amides is 4. The fraction of sp³-hybridized carbons (Fsp3) is 0.931. The van der Waals surface area contributed by atoms with Crippen LogP contribution in [0.3, 0.4) is 0 Å². The number of hydrogen-bond donors (Lipinski definition) is 26. The molecule has 8 heterocycles. The van der Waals surface area contributed by atoms with Crippen LogP contribution in [0.1, 0.15) is 27.7 Å². The van der Waals surface area contributed by atoms with Gasteiger partial charge in [-0.1, -0.05) is 0 Å². The van der Waals surface area contributed by atoms with Gasteiger partial charge >= 0.3 is 0 Å². The number of carbonyl (C=O) groups is 4. The van der Waals surface area contributed by atoms with E-state index in [1.807, 2.05) is 0 Å². The van der Waals surface area contributed by atoms with E-state index in [9.17, 15) is 132 Å². The van der Waals surface area contributed by atoms with Crippen LogP contribution >= 0.6 is 0 Å². The minimum atomic E-state index is -2.40. The number of hydrogen-bond acceptors (Lipinski definition) is 42. The monoisotopic (exact) mass is 1520 g/mol. The molecule has 602 valence electrons. The van der Waals surface area contributed by atoms with Gasteiger partial charge in [-0.2, -0.15) is 0 Å². The number of carbonyl (C=O) groups excluding carboxylic acids is 4. The molecule has 0 spiro atoms. The van der Waals surface area contributed by atoms with E-state index in [2.05, 4.69) is 21.3 Å². The molecule has 8 fully saturated rings. The molecule has 0 saturated carbocycles. The molecule has 26 N–H and O–H groups in total. The molecule has 8 rings (SSSR count). The number of ether oxygens (including phenoxy) is 16. The zero-order valence-electron chi connectivity index (χ0n) is 56.1. The highest BCUT2D eigenvalue weighted by Crippen LogP contribution is 2.40. The van der Waals surface area contributed by atoms with Crippen molar-refractivity contribution < 1.29 is 207 Å². The maximum absolute atomic E-state index is 13.4. The highest BCUT2D eigenvalue weighted by molar-refractivity contribution is 5.74. The van der Waals surface area contributed by atoms with Gasteiger partial charge in [0, 0.05) is 20.8 Å². The maximum Gasteiger partial charge on any atom is 0.217 e. The van der Waals surface area contributed by atoms with E-state index in [1.54, 1.807) is 0 Å². The quantitative estimate of drug-likeness (QED) is 0.0297. The average molecular weight is 1520 g/mol. The van der Waals surface area contributed by atoms with Crippen molar-refractivity contribution in [3.8, 4) is 0 Å². The number of aliphatic hydroxyl groups excluding tert-OH is 22. The van der Waals surface area contributed by atoms with Gasteiger partial charge in [-0.3, -0.25) is 19.2 Å². The second kappa shape index (κ2) is 38.3. The van der Waals surface area contributed by atoms with Crippen molar-refractivity contribution in [1.29, 1.82) is 0 Å². The van der Waals surface area contributed by atoms with Crippen LogP contribution in [0.2, 0.25) is 0 Å². The fourth-order valence-corrected chi connectivity index (χ4v) is 13.2. The van der Waals surface area contributed by atoms with Crippen LogP contribution in [0.25, 0.3) is 0 Å². The highest BCUT2D eigenvalue weighted by Gasteiger charge is 2.61. The van der Waals surface area contributed by atoms with Gasteiger partial charge in [0.1, 0.15) is 189 Å². The normalized spacial score (nSPS) is 47.6. The summed E-state index contributed by atoms with van der Waals surface area (Å²) in [5.74, 6) is -2.72. The van der Waals surface area contributed by atoms with Crippen molar-refractivity contribution in [1.82, 2.24) is 21.3 Å². The highest BCUT2D eigenvalue weighted by atomic mass is 16.8.